The van der Waals surface area contributed by atoms with Crippen molar-refractivity contribution in [1.82, 2.24) is 16.4 Å². The lowest BCUT2D eigenvalue weighted by atomic mass is 9.99. The average Bonchev–Trinajstić information content (AvgIpc) is 2.76. The highest BCUT2D eigenvalue weighted by molar-refractivity contribution is 5.98. The first-order chi connectivity index (χ1) is 46.0. The van der Waals surface area contributed by atoms with Gasteiger partial charge in [0.25, 0.3) is 17.7 Å². The summed E-state index contributed by atoms with van der Waals surface area (Å²) in [6.45, 7) is 2.09. The van der Waals surface area contributed by atoms with Gasteiger partial charge in [0, 0.05) is 90.9 Å². The summed E-state index contributed by atoms with van der Waals surface area (Å²) >= 11 is 0. The maximum absolute atomic E-state index is 12.2. The van der Waals surface area contributed by atoms with Crippen molar-refractivity contribution in [2.24, 2.45) is 5.90 Å². The summed E-state index contributed by atoms with van der Waals surface area (Å²) in [4.78, 5) is 116. The molecule has 502 valence electrons. The van der Waals surface area contributed by atoms with Crippen LogP contribution in [-0.4, -0.2) is 120 Å². The maximum Gasteiger partial charge on any atom is 0.337 e. The Bertz CT molecular complexity index is 3440. The van der Waals surface area contributed by atoms with Crippen LogP contribution in [0.15, 0.2) is 188 Å². The third kappa shape index (κ3) is 28.1. The first kappa shape index (κ1) is 75.9. The van der Waals surface area contributed by atoms with Gasteiger partial charge in [-0.3, -0.25) is 43.6 Å². The zero-order valence-electron chi connectivity index (χ0n) is 52.2. The van der Waals surface area contributed by atoms with E-state index in [4.69, 9.17) is 40.1 Å². The second kappa shape index (κ2) is 43.1. The van der Waals surface area contributed by atoms with Crippen molar-refractivity contribution in [2.45, 2.75) is 102 Å². The van der Waals surface area contributed by atoms with Crippen molar-refractivity contribution < 1.29 is 97.1 Å². The number of rotatable bonds is 20. The number of ketones is 2. The molecule has 7 aromatic carbocycles. The molecule has 0 saturated carbocycles. The first-order valence-electron chi connectivity index (χ1n) is 30.3. The fraction of sp³-hybridized carbons (Fsp3) is 0.282. The Kier molecular flexibility index (Phi) is 34.5. The van der Waals surface area contributed by atoms with Gasteiger partial charge in [-0.1, -0.05) is 127 Å². The zero-order chi connectivity index (χ0) is 68.6. The number of aliphatic hydroxyl groups is 2. The third-order valence-electron chi connectivity index (χ3n) is 14.1. The number of hydrogen-bond donors (Lipinski definition) is 8. The standard InChI is InChI=1S/C21H23NO5.C16H15NO4.C13H15NO4.C8H6O3.C8H8O2.C5H11NO2/c23-18(15-6-2-1-3-7-15)14-19(24)16-9-11-17(12-10-16)21(25)22-27-20-8-4-5-13-26-20;18-14(11-4-2-1-3-5-11)10-15(19)12-6-8-13(9-7-12)16(20)17-21;15-9-10-4-6-11(7-5-10)13(16)14-18-12-3-1-2-8-17-12;9-5-6-1-3-7(4-2-6)8(10)11;1-10-8(9)7-5-3-2-4-6-7;6-8-5-3-1-2-4-7-5/h1-3,6-7,9-12,19-20,24H,4-5,8,13-14H2,(H,22,25);1-9,15,19,21H,10H2,(H,17,20);4-7,9,12H,1-3,8H2,(H,14,16);1-5H,(H,10,11);2-6H,1H3;5H,1-4,6H2. The fourth-order valence-corrected chi connectivity index (χ4v) is 8.74. The number of aliphatic hydroxyl groups excluding tert-OH is 2. The number of amides is 3. The van der Waals surface area contributed by atoms with E-state index in [0.29, 0.717) is 69.6 Å². The number of esters is 1. The summed E-state index contributed by atoms with van der Waals surface area (Å²) in [5.74, 6) is 1.96. The van der Waals surface area contributed by atoms with E-state index in [2.05, 4.69) is 20.5 Å². The van der Waals surface area contributed by atoms with Crippen LogP contribution in [0, 0.1) is 0 Å². The lowest BCUT2D eigenvalue weighted by molar-refractivity contribution is -0.186. The van der Waals surface area contributed by atoms with E-state index in [-0.39, 0.29) is 65.9 Å². The van der Waals surface area contributed by atoms with Crippen molar-refractivity contribution in [3.8, 4) is 0 Å². The molecular weight excluding hydrogens is 1230 g/mol. The minimum atomic E-state index is -0.984. The number of carboxylic acids is 1. The van der Waals surface area contributed by atoms with Gasteiger partial charge in [0.15, 0.2) is 30.4 Å². The van der Waals surface area contributed by atoms with Crippen LogP contribution in [0.25, 0.3) is 0 Å². The van der Waals surface area contributed by atoms with Gasteiger partial charge in [-0.05, 0) is 110 Å². The molecule has 0 aliphatic carbocycles. The van der Waals surface area contributed by atoms with Gasteiger partial charge < -0.3 is 34.3 Å². The number of aromatic carboxylic acids is 1. The predicted octanol–water partition coefficient (Wildman–Crippen LogP) is 10.1. The van der Waals surface area contributed by atoms with Crippen LogP contribution in [0.3, 0.4) is 0 Å². The number of hydrogen-bond acceptors (Lipinski definition) is 20. The molecule has 0 spiro atoms. The largest absolute Gasteiger partial charge is 0.478 e. The Morgan fingerprint density at radius 2 is 0.800 bits per heavy atom. The molecule has 3 amide bonds. The minimum absolute atomic E-state index is 0.0162. The molecule has 3 fully saturated rings. The highest BCUT2D eigenvalue weighted by atomic mass is 16.8. The highest BCUT2D eigenvalue weighted by Gasteiger charge is 2.20. The van der Waals surface area contributed by atoms with E-state index in [1.165, 1.54) is 55.4 Å². The lowest BCUT2D eigenvalue weighted by Gasteiger charge is -2.22. The van der Waals surface area contributed by atoms with Gasteiger partial charge in [0.2, 0.25) is 0 Å². The van der Waals surface area contributed by atoms with Gasteiger partial charge in [-0.25, -0.2) is 41.6 Å². The van der Waals surface area contributed by atoms with Crippen LogP contribution in [0.1, 0.15) is 187 Å². The quantitative estimate of drug-likeness (QED) is 0.0116. The molecule has 10 rings (SSSR count). The lowest BCUT2D eigenvalue weighted by Crippen LogP contribution is -2.33. The van der Waals surface area contributed by atoms with Crippen molar-refractivity contribution in [2.75, 3.05) is 26.9 Å². The van der Waals surface area contributed by atoms with E-state index in [1.54, 1.807) is 133 Å². The number of carboxylic acid groups (broad SMARTS) is 1. The molecule has 3 heterocycles. The second-order valence-electron chi connectivity index (χ2n) is 21.0. The van der Waals surface area contributed by atoms with E-state index in [9.17, 15) is 53.4 Å². The molecule has 3 aliphatic heterocycles. The van der Waals surface area contributed by atoms with Crippen LogP contribution in [0.5, 0.6) is 0 Å². The number of benzene rings is 7. The molecular formula is C71H78N4O20. The normalized spacial score (nSPS) is 15.9. The minimum Gasteiger partial charge on any atom is -0.478 e. The van der Waals surface area contributed by atoms with Crippen molar-refractivity contribution in [1.29, 1.82) is 0 Å². The second-order valence-corrected chi connectivity index (χ2v) is 21.0. The van der Waals surface area contributed by atoms with Crippen molar-refractivity contribution >= 4 is 53.8 Å². The number of methoxy groups -OCH3 is 1. The van der Waals surface area contributed by atoms with Crippen LogP contribution >= 0.6 is 0 Å². The van der Waals surface area contributed by atoms with Crippen LogP contribution in [-0.2, 0) is 33.5 Å². The van der Waals surface area contributed by atoms with E-state index < -0.39 is 30.4 Å². The number of ether oxygens (including phenoxy) is 4. The molecule has 3 aliphatic rings. The molecule has 95 heavy (non-hydrogen) atoms. The Morgan fingerprint density at radius 3 is 1.11 bits per heavy atom. The molecule has 24 nitrogen and oxygen atoms in total. The number of nitrogens with two attached hydrogens (primary N) is 1. The summed E-state index contributed by atoms with van der Waals surface area (Å²) < 4.78 is 20.3. The number of carbonyl (C=O) groups excluding carboxylic acids is 8. The predicted molar refractivity (Wildman–Crippen MR) is 344 cm³/mol. The van der Waals surface area contributed by atoms with Crippen LogP contribution < -0.4 is 22.3 Å². The van der Waals surface area contributed by atoms with Gasteiger partial charge >= 0.3 is 11.9 Å². The summed E-state index contributed by atoms with van der Waals surface area (Å²) in [5, 5.41) is 37.3. The monoisotopic (exact) mass is 1310 g/mol. The molecule has 0 bridgehead atoms. The van der Waals surface area contributed by atoms with Crippen molar-refractivity contribution in [3.05, 3.63) is 249 Å². The number of Topliss-reactive ketones (excluding diaryl/α,β-unsaturated/α-hetero) is 2. The Morgan fingerprint density at radius 1 is 0.463 bits per heavy atom. The number of aldehydes is 2. The van der Waals surface area contributed by atoms with Gasteiger partial charge in [-0.2, -0.15) is 0 Å². The summed E-state index contributed by atoms with van der Waals surface area (Å²) in [6.07, 6.45) is 7.43. The third-order valence-corrected chi connectivity index (χ3v) is 14.1. The fourth-order valence-electron chi connectivity index (χ4n) is 8.74. The number of nitrogens with one attached hydrogen (secondary N) is 3. The molecule has 7 aromatic rings. The summed E-state index contributed by atoms with van der Waals surface area (Å²) in [5.41, 5.74) is 11.4. The number of carbonyl (C=O) groups is 9. The zero-order valence-corrected chi connectivity index (χ0v) is 52.2. The molecule has 0 radical (unpaired) electrons. The van der Waals surface area contributed by atoms with Crippen molar-refractivity contribution in [3.63, 3.8) is 0 Å². The summed E-state index contributed by atoms with van der Waals surface area (Å²) in [7, 11) is 1.37. The molecule has 9 N–H and O–H groups in total. The summed E-state index contributed by atoms with van der Waals surface area (Å²) in [6, 6.07) is 51.0. The Balaban J connectivity index is 0.000000216. The average molecular weight is 1310 g/mol. The van der Waals surface area contributed by atoms with Crippen LogP contribution in [0.2, 0.25) is 0 Å². The smallest absolute Gasteiger partial charge is 0.337 e. The van der Waals surface area contributed by atoms with E-state index >= 15 is 0 Å². The Labute approximate surface area is 549 Å². The topological polar surface area (TPSA) is 361 Å². The van der Waals surface area contributed by atoms with Crippen LogP contribution in [0.4, 0.5) is 0 Å². The van der Waals surface area contributed by atoms with Gasteiger partial charge in [-0.15, -0.1) is 0 Å². The first-order valence-corrected chi connectivity index (χ1v) is 30.3. The highest BCUT2D eigenvalue weighted by Crippen LogP contribution is 2.22. The van der Waals surface area contributed by atoms with E-state index in [1.807, 2.05) is 18.2 Å². The van der Waals surface area contributed by atoms with E-state index in [0.717, 1.165) is 64.3 Å². The molecule has 24 heteroatoms. The SMILES string of the molecule is COC(=O)c1ccccc1.NOC1CCCCO1.O=C(CC(O)c1ccc(C(=O)NO)cc1)c1ccccc1.O=C(CC(O)c1ccc(C(=O)NOC2CCCCO2)cc1)c1ccccc1.O=Cc1ccc(C(=O)NOC2CCCCO2)cc1.O=Cc1ccc(C(=O)O)cc1. The van der Waals surface area contributed by atoms with Gasteiger partial charge in [0.05, 0.1) is 30.4 Å². The Hall–Kier alpha value is -9.83. The molecule has 0 aromatic heterocycles. The maximum atomic E-state index is 12.2. The van der Waals surface area contributed by atoms with Gasteiger partial charge in [0.1, 0.15) is 12.6 Å². The molecule has 5 atom stereocenters. The molecule has 5 unspecified atom stereocenters. The molecule has 3 saturated heterocycles. The number of hydroxylamine groups is 3.